The first kappa shape index (κ1) is 10.4. The Balaban J connectivity index is 2.78. The Morgan fingerprint density at radius 3 is 2.36 bits per heavy atom. The van der Waals surface area contributed by atoms with Gasteiger partial charge >= 0.3 is 0 Å². The Morgan fingerprint density at radius 2 is 1.93 bits per heavy atom. The molecule has 1 atom stereocenters. The largest absolute Gasteiger partial charge is 0.326 e. The first-order chi connectivity index (χ1) is 6.63. The lowest BCUT2D eigenvalue weighted by Crippen LogP contribution is -2.05. The minimum Gasteiger partial charge on any atom is -0.326 e. The SMILES string of the molecule is CC(=O)Nc1ccc(C(C)[C]=O)cc1. The third-order valence-electron chi connectivity index (χ3n) is 1.91. The van der Waals surface area contributed by atoms with Crippen LogP contribution in [-0.2, 0) is 9.59 Å². The number of nitrogens with one attached hydrogen (secondary N) is 1. The smallest absolute Gasteiger partial charge is 0.221 e. The third-order valence-corrected chi connectivity index (χ3v) is 1.91. The molecule has 3 nitrogen and oxygen atoms in total. The van der Waals surface area contributed by atoms with E-state index in [1.165, 1.54) is 6.92 Å². The molecule has 0 aromatic heterocycles. The number of benzene rings is 1. The normalized spacial score (nSPS) is 11.9. The quantitative estimate of drug-likeness (QED) is 0.790. The van der Waals surface area contributed by atoms with Gasteiger partial charge in [0.15, 0.2) is 0 Å². The summed E-state index contributed by atoms with van der Waals surface area (Å²) >= 11 is 0. The molecule has 1 aromatic carbocycles. The van der Waals surface area contributed by atoms with Crippen molar-refractivity contribution in [1.29, 1.82) is 0 Å². The number of anilines is 1. The summed E-state index contributed by atoms with van der Waals surface area (Å²) in [5, 5.41) is 2.65. The summed E-state index contributed by atoms with van der Waals surface area (Å²) in [6, 6.07) is 7.15. The monoisotopic (exact) mass is 190 g/mol. The molecule has 1 aromatic rings. The predicted molar refractivity (Wildman–Crippen MR) is 54.9 cm³/mol. The van der Waals surface area contributed by atoms with Gasteiger partial charge in [-0.1, -0.05) is 19.1 Å². The fourth-order valence-corrected chi connectivity index (χ4v) is 1.13. The zero-order valence-electron chi connectivity index (χ0n) is 8.20. The highest BCUT2D eigenvalue weighted by molar-refractivity contribution is 5.88. The minimum absolute atomic E-state index is 0.104. The van der Waals surface area contributed by atoms with Crippen molar-refractivity contribution < 1.29 is 9.59 Å². The van der Waals surface area contributed by atoms with Crippen molar-refractivity contribution in [3.05, 3.63) is 29.8 Å². The van der Waals surface area contributed by atoms with Crippen molar-refractivity contribution in [2.75, 3.05) is 5.32 Å². The molecule has 14 heavy (non-hydrogen) atoms. The lowest BCUT2D eigenvalue weighted by Gasteiger charge is -2.05. The van der Waals surface area contributed by atoms with E-state index < -0.39 is 0 Å². The number of carbonyl (C=O) groups excluding carboxylic acids is 2. The van der Waals surface area contributed by atoms with E-state index in [1.807, 2.05) is 6.29 Å². The van der Waals surface area contributed by atoms with Crippen molar-refractivity contribution in [3.63, 3.8) is 0 Å². The maximum atomic E-state index is 10.7. The van der Waals surface area contributed by atoms with E-state index in [0.717, 1.165) is 11.3 Å². The Labute approximate surface area is 83.1 Å². The van der Waals surface area contributed by atoms with Crippen LogP contribution >= 0.6 is 0 Å². The van der Waals surface area contributed by atoms with Gasteiger partial charge in [0.25, 0.3) is 0 Å². The molecule has 1 unspecified atom stereocenters. The van der Waals surface area contributed by atoms with Gasteiger partial charge in [-0.25, -0.2) is 0 Å². The van der Waals surface area contributed by atoms with Gasteiger partial charge in [0, 0.05) is 18.5 Å². The van der Waals surface area contributed by atoms with Crippen molar-refractivity contribution in [3.8, 4) is 0 Å². The first-order valence-electron chi connectivity index (χ1n) is 4.38. The molecular weight excluding hydrogens is 178 g/mol. The fraction of sp³-hybridized carbons (Fsp3) is 0.273. The molecule has 0 aliphatic heterocycles. The standard InChI is InChI=1S/C11H12NO2/c1-8(7-13)10-3-5-11(6-4-10)12-9(2)14/h3-6,8H,1-2H3,(H,12,14). The summed E-state index contributed by atoms with van der Waals surface area (Å²) < 4.78 is 0. The Kier molecular flexibility index (Phi) is 3.40. The van der Waals surface area contributed by atoms with Gasteiger partial charge in [0.2, 0.25) is 12.2 Å². The van der Waals surface area contributed by atoms with E-state index in [1.54, 1.807) is 31.2 Å². The van der Waals surface area contributed by atoms with Gasteiger partial charge in [-0.2, -0.15) is 0 Å². The number of carbonyl (C=O) groups is 1. The van der Waals surface area contributed by atoms with Gasteiger partial charge in [0.05, 0.1) is 0 Å². The molecule has 0 saturated carbocycles. The summed E-state index contributed by atoms with van der Waals surface area (Å²) in [5.41, 5.74) is 1.63. The summed E-state index contributed by atoms with van der Waals surface area (Å²) in [5.74, 6) is -0.325. The van der Waals surface area contributed by atoms with Gasteiger partial charge in [-0.15, -0.1) is 0 Å². The maximum Gasteiger partial charge on any atom is 0.221 e. The van der Waals surface area contributed by atoms with Crippen LogP contribution in [-0.4, -0.2) is 12.2 Å². The van der Waals surface area contributed by atoms with Crippen LogP contribution in [0.1, 0.15) is 25.3 Å². The van der Waals surface area contributed by atoms with Crippen LogP contribution in [0.3, 0.4) is 0 Å². The fourth-order valence-electron chi connectivity index (χ4n) is 1.13. The minimum atomic E-state index is -0.221. The van der Waals surface area contributed by atoms with Crippen LogP contribution in [0.2, 0.25) is 0 Å². The van der Waals surface area contributed by atoms with Gasteiger partial charge in [0.1, 0.15) is 0 Å². The Bertz CT molecular complexity index is 330. The average molecular weight is 190 g/mol. The molecule has 0 fully saturated rings. The second kappa shape index (κ2) is 4.56. The van der Waals surface area contributed by atoms with Crippen LogP contribution < -0.4 is 5.32 Å². The van der Waals surface area contributed by atoms with Gasteiger partial charge < -0.3 is 5.32 Å². The molecule has 0 spiro atoms. The zero-order chi connectivity index (χ0) is 10.6. The molecule has 1 N–H and O–H groups in total. The highest BCUT2D eigenvalue weighted by atomic mass is 16.1. The average Bonchev–Trinajstić information content (AvgIpc) is 2.17. The number of amides is 1. The van der Waals surface area contributed by atoms with Crippen molar-refractivity contribution in [1.82, 2.24) is 0 Å². The molecule has 1 radical (unpaired) electrons. The van der Waals surface area contributed by atoms with Crippen molar-refractivity contribution in [2.24, 2.45) is 0 Å². The van der Waals surface area contributed by atoms with E-state index in [-0.39, 0.29) is 11.8 Å². The van der Waals surface area contributed by atoms with E-state index in [9.17, 15) is 9.59 Å². The predicted octanol–water partition coefficient (Wildman–Crippen LogP) is 1.86. The highest BCUT2D eigenvalue weighted by Crippen LogP contribution is 2.15. The zero-order valence-corrected chi connectivity index (χ0v) is 8.20. The molecule has 3 heteroatoms. The third kappa shape index (κ3) is 2.69. The van der Waals surface area contributed by atoms with E-state index >= 15 is 0 Å². The molecule has 0 bridgehead atoms. The van der Waals surface area contributed by atoms with Crippen molar-refractivity contribution >= 4 is 17.9 Å². The van der Waals surface area contributed by atoms with Gasteiger partial charge in [-0.05, 0) is 17.7 Å². The highest BCUT2D eigenvalue weighted by Gasteiger charge is 2.04. The molecule has 0 saturated heterocycles. The lowest BCUT2D eigenvalue weighted by molar-refractivity contribution is -0.114. The molecule has 0 aliphatic rings. The molecule has 1 amide bonds. The lowest BCUT2D eigenvalue weighted by atomic mass is 10.0. The second-order valence-corrected chi connectivity index (χ2v) is 3.14. The van der Waals surface area contributed by atoms with E-state index in [4.69, 9.17) is 0 Å². The van der Waals surface area contributed by atoms with E-state index in [0.29, 0.717) is 0 Å². The Morgan fingerprint density at radius 1 is 1.36 bits per heavy atom. The molecule has 0 aliphatic carbocycles. The summed E-state index contributed by atoms with van der Waals surface area (Å²) in [7, 11) is 0. The van der Waals surface area contributed by atoms with Crippen molar-refractivity contribution in [2.45, 2.75) is 19.8 Å². The number of hydrogen-bond donors (Lipinski definition) is 1. The maximum absolute atomic E-state index is 10.7. The van der Waals surface area contributed by atoms with Crippen LogP contribution in [0.4, 0.5) is 5.69 Å². The number of rotatable bonds is 3. The van der Waals surface area contributed by atoms with Crippen LogP contribution in [0.5, 0.6) is 0 Å². The topological polar surface area (TPSA) is 46.2 Å². The Hall–Kier alpha value is -1.64. The van der Waals surface area contributed by atoms with Crippen LogP contribution in [0.25, 0.3) is 0 Å². The molecule has 0 heterocycles. The molecular formula is C11H12NO2. The summed E-state index contributed by atoms with van der Waals surface area (Å²) in [4.78, 5) is 21.1. The molecule has 73 valence electrons. The van der Waals surface area contributed by atoms with E-state index in [2.05, 4.69) is 5.32 Å². The van der Waals surface area contributed by atoms with Crippen LogP contribution in [0, 0.1) is 0 Å². The summed E-state index contributed by atoms with van der Waals surface area (Å²) in [6.07, 6.45) is 1.90. The summed E-state index contributed by atoms with van der Waals surface area (Å²) in [6.45, 7) is 3.23. The number of hydrogen-bond acceptors (Lipinski definition) is 2. The molecule has 1 rings (SSSR count). The van der Waals surface area contributed by atoms with Gasteiger partial charge in [-0.3, -0.25) is 9.59 Å². The second-order valence-electron chi connectivity index (χ2n) is 3.14. The first-order valence-corrected chi connectivity index (χ1v) is 4.38. The van der Waals surface area contributed by atoms with Crippen LogP contribution in [0.15, 0.2) is 24.3 Å².